The quantitative estimate of drug-likeness (QED) is 0.171. The van der Waals surface area contributed by atoms with Crippen LogP contribution in [0.4, 0.5) is 0 Å². The maximum absolute atomic E-state index is 13.9. The lowest BCUT2D eigenvalue weighted by Crippen LogP contribution is -2.19. The summed E-state index contributed by atoms with van der Waals surface area (Å²) >= 11 is 0. The Morgan fingerprint density at radius 2 is 0.660 bits per heavy atom. The fraction of sp³-hybridized carbons (Fsp3) is 0. The largest absolute Gasteiger partial charge is 0.309 e. The van der Waals surface area contributed by atoms with Gasteiger partial charge in [0.1, 0.15) is 0 Å². The van der Waals surface area contributed by atoms with Crippen LogP contribution in [0.15, 0.2) is 193 Å². The average Bonchev–Trinajstić information content (AvgIpc) is 3.74. The predicted molar refractivity (Wildman–Crippen MR) is 221 cm³/mol. The number of hydrogen-bond donors (Lipinski definition) is 0. The molecule has 0 aliphatic heterocycles. The molecule has 248 valence electrons. The van der Waals surface area contributed by atoms with Crippen LogP contribution in [-0.4, -0.2) is 13.7 Å². The molecule has 0 saturated heterocycles. The normalized spacial score (nSPS) is 11.8. The monoisotopic (exact) mass is 677 g/mol. The third kappa shape index (κ3) is 4.39. The number of fused-ring (bicyclic) bond motifs is 9. The zero-order valence-corrected chi connectivity index (χ0v) is 28.6. The molecule has 3 aromatic heterocycles. The summed E-state index contributed by atoms with van der Waals surface area (Å²) in [5, 5.41) is 7.57. The van der Waals surface area contributed by atoms with Crippen LogP contribution in [0.3, 0.4) is 0 Å². The van der Waals surface area contributed by atoms with Gasteiger partial charge in [-0.25, -0.2) is 0 Å². The van der Waals surface area contributed by atoms with Gasteiger partial charge in [-0.05, 0) is 101 Å². The van der Waals surface area contributed by atoms with Gasteiger partial charge in [0.05, 0.1) is 27.6 Å². The molecular formula is C49H31N3O. The van der Waals surface area contributed by atoms with Crippen LogP contribution >= 0.6 is 0 Å². The smallest absolute Gasteiger partial charge is 0.263 e. The molecule has 0 atom stereocenters. The molecule has 8 aromatic carbocycles. The number of para-hydroxylation sites is 4. The van der Waals surface area contributed by atoms with Crippen LogP contribution in [0.25, 0.3) is 93.5 Å². The minimum absolute atomic E-state index is 0.0146. The van der Waals surface area contributed by atoms with E-state index in [1.807, 2.05) is 53.1 Å². The van der Waals surface area contributed by atoms with Gasteiger partial charge in [-0.1, -0.05) is 103 Å². The molecule has 0 unspecified atom stereocenters. The molecule has 0 spiro atoms. The topological polar surface area (TPSA) is 31.9 Å². The van der Waals surface area contributed by atoms with E-state index in [2.05, 4.69) is 149 Å². The number of aromatic nitrogens is 3. The Labute approximate surface area is 304 Å². The van der Waals surface area contributed by atoms with Crippen molar-refractivity contribution in [3.8, 4) is 28.2 Å². The van der Waals surface area contributed by atoms with Gasteiger partial charge in [0.2, 0.25) is 0 Å². The van der Waals surface area contributed by atoms with Gasteiger partial charge < -0.3 is 9.13 Å². The number of benzene rings is 8. The van der Waals surface area contributed by atoms with Crippen LogP contribution in [0.2, 0.25) is 0 Å². The third-order valence-electron chi connectivity index (χ3n) is 10.8. The Morgan fingerprint density at radius 3 is 1.25 bits per heavy atom. The van der Waals surface area contributed by atoms with E-state index in [1.54, 1.807) is 0 Å². The second kappa shape index (κ2) is 11.4. The molecule has 0 radical (unpaired) electrons. The van der Waals surface area contributed by atoms with E-state index < -0.39 is 0 Å². The third-order valence-corrected chi connectivity index (χ3v) is 10.8. The second-order valence-corrected chi connectivity index (χ2v) is 13.7. The van der Waals surface area contributed by atoms with E-state index in [1.165, 1.54) is 43.7 Å². The SMILES string of the molecule is O=c1c2ccccc2c2cc(-n3c4ccccc4c4cc(-c5ccc6c(c5)c5ccccc5n6-c5ccccc5)ccc43)ccc2n1-c1ccccc1. The molecule has 0 N–H and O–H groups in total. The van der Waals surface area contributed by atoms with Gasteiger partial charge in [-0.3, -0.25) is 9.36 Å². The van der Waals surface area contributed by atoms with E-state index in [0.29, 0.717) is 5.39 Å². The summed E-state index contributed by atoms with van der Waals surface area (Å²) in [5.74, 6) is 0. The van der Waals surface area contributed by atoms with Crippen molar-refractivity contribution in [2.24, 2.45) is 0 Å². The maximum atomic E-state index is 13.9. The van der Waals surface area contributed by atoms with Crippen LogP contribution < -0.4 is 5.56 Å². The van der Waals surface area contributed by atoms with Crippen molar-refractivity contribution in [3.05, 3.63) is 198 Å². The van der Waals surface area contributed by atoms with Crippen molar-refractivity contribution in [1.82, 2.24) is 13.7 Å². The highest BCUT2D eigenvalue weighted by Gasteiger charge is 2.18. The molecule has 0 aliphatic rings. The first-order valence-electron chi connectivity index (χ1n) is 18.0. The van der Waals surface area contributed by atoms with Gasteiger partial charge in [0, 0.05) is 49.4 Å². The number of rotatable bonds is 4. The minimum atomic E-state index is -0.0146. The Morgan fingerprint density at radius 1 is 0.264 bits per heavy atom. The Bertz CT molecular complexity index is 3300. The van der Waals surface area contributed by atoms with Gasteiger partial charge in [0.25, 0.3) is 5.56 Å². The molecule has 0 amide bonds. The molecular weight excluding hydrogens is 647 g/mol. The van der Waals surface area contributed by atoms with Crippen molar-refractivity contribution in [1.29, 1.82) is 0 Å². The Hall–Kier alpha value is -7.17. The van der Waals surface area contributed by atoms with E-state index >= 15 is 0 Å². The van der Waals surface area contributed by atoms with Crippen molar-refractivity contribution in [2.45, 2.75) is 0 Å². The van der Waals surface area contributed by atoms with Crippen LogP contribution in [0, 0.1) is 0 Å². The highest BCUT2D eigenvalue weighted by molar-refractivity contribution is 6.13. The van der Waals surface area contributed by atoms with Gasteiger partial charge in [-0.15, -0.1) is 0 Å². The molecule has 11 aromatic rings. The van der Waals surface area contributed by atoms with Gasteiger partial charge >= 0.3 is 0 Å². The molecule has 4 nitrogen and oxygen atoms in total. The van der Waals surface area contributed by atoms with Crippen molar-refractivity contribution < 1.29 is 0 Å². The van der Waals surface area contributed by atoms with Crippen LogP contribution in [-0.2, 0) is 0 Å². The summed E-state index contributed by atoms with van der Waals surface area (Å²) in [6, 6.07) is 66.0. The maximum Gasteiger partial charge on any atom is 0.263 e. The summed E-state index contributed by atoms with van der Waals surface area (Å²) in [5.41, 5.74) is 11.0. The standard InChI is InChI=1S/C49H31N3O/c53-49-40-20-8-7-17-37(40)43-31-36(25-28-48(43)52(49)35-15-5-2-6-16-35)51-45-22-12-10-19-39(45)42-30-33(24-27-47(42)51)32-23-26-46-41(29-32)38-18-9-11-21-44(38)50(46)34-13-3-1-4-14-34/h1-31H. The van der Waals surface area contributed by atoms with E-state index in [0.717, 1.165) is 44.4 Å². The number of nitrogens with zero attached hydrogens (tertiary/aromatic N) is 3. The summed E-state index contributed by atoms with van der Waals surface area (Å²) in [6.07, 6.45) is 0. The Balaban J connectivity index is 1.12. The van der Waals surface area contributed by atoms with E-state index in [-0.39, 0.29) is 5.56 Å². The molecule has 0 fully saturated rings. The first-order valence-corrected chi connectivity index (χ1v) is 18.0. The fourth-order valence-electron chi connectivity index (χ4n) is 8.48. The lowest BCUT2D eigenvalue weighted by Gasteiger charge is -2.16. The summed E-state index contributed by atoms with van der Waals surface area (Å²) in [6.45, 7) is 0. The Kier molecular flexibility index (Phi) is 6.37. The van der Waals surface area contributed by atoms with Crippen molar-refractivity contribution >= 4 is 65.3 Å². The summed E-state index contributed by atoms with van der Waals surface area (Å²) in [7, 11) is 0. The molecule has 0 bridgehead atoms. The highest BCUT2D eigenvalue weighted by Crippen LogP contribution is 2.39. The van der Waals surface area contributed by atoms with Gasteiger partial charge in [-0.2, -0.15) is 0 Å². The molecule has 0 saturated carbocycles. The molecule has 4 heteroatoms. The predicted octanol–water partition coefficient (Wildman–Crippen LogP) is 12.0. The molecule has 11 rings (SSSR count). The minimum Gasteiger partial charge on any atom is -0.309 e. The number of pyridine rings is 1. The summed E-state index contributed by atoms with van der Waals surface area (Å²) in [4.78, 5) is 13.9. The van der Waals surface area contributed by atoms with Crippen LogP contribution in [0.5, 0.6) is 0 Å². The van der Waals surface area contributed by atoms with Gasteiger partial charge in [0.15, 0.2) is 0 Å². The zero-order chi connectivity index (χ0) is 35.0. The first kappa shape index (κ1) is 29.5. The fourth-order valence-corrected chi connectivity index (χ4v) is 8.48. The zero-order valence-electron chi connectivity index (χ0n) is 28.6. The first-order chi connectivity index (χ1) is 26.2. The highest BCUT2D eigenvalue weighted by atomic mass is 16.1. The second-order valence-electron chi connectivity index (χ2n) is 13.7. The summed E-state index contributed by atoms with van der Waals surface area (Å²) < 4.78 is 6.56. The van der Waals surface area contributed by atoms with Crippen LogP contribution in [0.1, 0.15) is 0 Å². The lowest BCUT2D eigenvalue weighted by molar-refractivity contribution is 1.06. The lowest BCUT2D eigenvalue weighted by atomic mass is 10.0. The van der Waals surface area contributed by atoms with Crippen molar-refractivity contribution in [2.75, 3.05) is 0 Å². The number of hydrogen-bond acceptors (Lipinski definition) is 1. The average molecular weight is 678 g/mol. The molecule has 0 aliphatic carbocycles. The van der Waals surface area contributed by atoms with E-state index in [4.69, 9.17) is 0 Å². The van der Waals surface area contributed by atoms with E-state index in [9.17, 15) is 4.79 Å². The molecule has 3 heterocycles. The molecule has 53 heavy (non-hydrogen) atoms. The van der Waals surface area contributed by atoms with Crippen molar-refractivity contribution in [3.63, 3.8) is 0 Å².